The maximum Gasteiger partial charge on any atom is 0.329 e. The highest BCUT2D eigenvalue weighted by Gasteiger charge is 2.35. The maximum atomic E-state index is 11.9. The molecule has 5 heteroatoms. The molecule has 2 atom stereocenters. The van der Waals surface area contributed by atoms with Crippen molar-refractivity contribution in [3.63, 3.8) is 0 Å². The molecule has 1 heterocycles. The molecule has 2 amide bonds. The predicted molar refractivity (Wildman–Crippen MR) is 64.8 cm³/mol. The Kier molecular flexibility index (Phi) is 4.37. The van der Waals surface area contributed by atoms with E-state index in [9.17, 15) is 9.59 Å². The van der Waals surface area contributed by atoms with Crippen LogP contribution in [0.1, 0.15) is 40.0 Å². The lowest BCUT2D eigenvalue weighted by molar-refractivity contribution is -0.143. The van der Waals surface area contributed by atoms with Crippen LogP contribution < -0.4 is 5.32 Å². The van der Waals surface area contributed by atoms with Gasteiger partial charge in [-0.1, -0.05) is 20.3 Å². The number of carboxylic acids is 1. The number of nitrogens with zero attached hydrogens (tertiary/aromatic N) is 1. The molecule has 1 fully saturated rings. The summed E-state index contributed by atoms with van der Waals surface area (Å²) >= 11 is 0. The molecule has 0 spiro atoms. The molecule has 98 valence electrons. The first-order valence-corrected chi connectivity index (χ1v) is 6.23. The average molecular weight is 242 g/mol. The van der Waals surface area contributed by atoms with E-state index in [1.54, 1.807) is 18.7 Å². The molecule has 0 aromatic carbocycles. The number of urea groups is 1. The van der Waals surface area contributed by atoms with E-state index in [2.05, 4.69) is 12.2 Å². The first kappa shape index (κ1) is 13.8. The number of amides is 2. The van der Waals surface area contributed by atoms with E-state index in [1.165, 1.54) is 0 Å². The first-order chi connectivity index (χ1) is 7.92. The third-order valence-corrected chi connectivity index (χ3v) is 3.71. The predicted octanol–water partition coefficient (Wildman–Crippen LogP) is 1.68. The number of carbonyl (C=O) groups is 2. The van der Waals surface area contributed by atoms with Gasteiger partial charge in [0, 0.05) is 13.1 Å². The lowest BCUT2D eigenvalue weighted by atomic mass is 10.00. The topological polar surface area (TPSA) is 69.6 Å². The highest BCUT2D eigenvalue weighted by atomic mass is 16.4. The van der Waals surface area contributed by atoms with Crippen LogP contribution in [-0.4, -0.2) is 40.6 Å². The Labute approximate surface area is 102 Å². The Balaban J connectivity index is 2.57. The number of hydrogen-bond donors (Lipinski definition) is 2. The van der Waals surface area contributed by atoms with Gasteiger partial charge in [-0.15, -0.1) is 0 Å². The number of carbonyl (C=O) groups excluding carboxylic acids is 1. The van der Waals surface area contributed by atoms with Crippen molar-refractivity contribution in [1.29, 1.82) is 0 Å². The summed E-state index contributed by atoms with van der Waals surface area (Å²) in [7, 11) is 0. The van der Waals surface area contributed by atoms with Gasteiger partial charge in [-0.05, 0) is 25.7 Å². The van der Waals surface area contributed by atoms with Crippen molar-refractivity contribution in [3.8, 4) is 0 Å². The Bertz CT molecular complexity index is 306. The summed E-state index contributed by atoms with van der Waals surface area (Å²) in [6.45, 7) is 6.87. The summed E-state index contributed by atoms with van der Waals surface area (Å²) in [5.74, 6) is -0.432. The Morgan fingerprint density at radius 3 is 2.53 bits per heavy atom. The van der Waals surface area contributed by atoms with Gasteiger partial charge in [0.05, 0.1) is 0 Å². The van der Waals surface area contributed by atoms with Crippen molar-refractivity contribution in [2.45, 2.75) is 45.6 Å². The molecule has 1 aliphatic rings. The maximum absolute atomic E-state index is 11.9. The summed E-state index contributed by atoms with van der Waals surface area (Å²) < 4.78 is 0. The standard InChI is InChI=1S/C12H22N2O3/c1-4-9-6-7-14(8-9)11(17)13-12(3,5-2)10(15)16/h9H,4-8H2,1-3H3,(H,13,17)(H,15,16). The summed E-state index contributed by atoms with van der Waals surface area (Å²) in [6, 6.07) is -0.257. The van der Waals surface area contributed by atoms with E-state index in [0.717, 1.165) is 25.9 Å². The zero-order valence-electron chi connectivity index (χ0n) is 10.8. The fourth-order valence-corrected chi connectivity index (χ4v) is 1.96. The number of aliphatic carboxylic acids is 1. The number of carboxylic acid groups (broad SMARTS) is 1. The van der Waals surface area contributed by atoms with E-state index in [0.29, 0.717) is 12.3 Å². The largest absolute Gasteiger partial charge is 0.480 e. The molecule has 0 radical (unpaired) electrons. The molecule has 0 bridgehead atoms. The van der Waals surface area contributed by atoms with Gasteiger partial charge in [0.25, 0.3) is 0 Å². The van der Waals surface area contributed by atoms with Gasteiger partial charge >= 0.3 is 12.0 Å². The van der Waals surface area contributed by atoms with Crippen molar-refractivity contribution in [2.24, 2.45) is 5.92 Å². The van der Waals surface area contributed by atoms with Crippen LogP contribution in [0.15, 0.2) is 0 Å². The minimum absolute atomic E-state index is 0.257. The SMILES string of the molecule is CCC1CCN(C(=O)NC(C)(CC)C(=O)O)C1. The minimum atomic E-state index is -1.17. The Morgan fingerprint density at radius 1 is 1.47 bits per heavy atom. The molecule has 2 unspecified atom stereocenters. The van der Waals surface area contributed by atoms with Gasteiger partial charge in [-0.25, -0.2) is 9.59 Å². The van der Waals surface area contributed by atoms with E-state index in [4.69, 9.17) is 5.11 Å². The minimum Gasteiger partial charge on any atom is -0.480 e. The molecule has 0 aliphatic carbocycles. The molecule has 1 aliphatic heterocycles. The molecule has 5 nitrogen and oxygen atoms in total. The van der Waals surface area contributed by atoms with Gasteiger partial charge in [0.2, 0.25) is 0 Å². The first-order valence-electron chi connectivity index (χ1n) is 6.23. The third-order valence-electron chi connectivity index (χ3n) is 3.71. The molecular formula is C12H22N2O3. The number of nitrogens with one attached hydrogen (secondary N) is 1. The normalized spacial score (nSPS) is 23.2. The monoisotopic (exact) mass is 242 g/mol. The zero-order chi connectivity index (χ0) is 13.1. The lowest BCUT2D eigenvalue weighted by Gasteiger charge is -2.28. The molecule has 0 saturated carbocycles. The second kappa shape index (κ2) is 5.38. The molecule has 0 aromatic rings. The van der Waals surface area contributed by atoms with Crippen LogP contribution >= 0.6 is 0 Å². The van der Waals surface area contributed by atoms with Gasteiger partial charge in [0.1, 0.15) is 5.54 Å². The Morgan fingerprint density at radius 2 is 2.12 bits per heavy atom. The van der Waals surface area contributed by atoms with E-state index in [1.807, 2.05) is 0 Å². The van der Waals surface area contributed by atoms with Gasteiger partial charge in [0.15, 0.2) is 0 Å². The van der Waals surface area contributed by atoms with Crippen LogP contribution in [-0.2, 0) is 4.79 Å². The third kappa shape index (κ3) is 3.11. The highest BCUT2D eigenvalue weighted by Crippen LogP contribution is 2.20. The van der Waals surface area contributed by atoms with Crippen LogP contribution in [0.3, 0.4) is 0 Å². The second-order valence-corrected chi connectivity index (χ2v) is 4.93. The van der Waals surface area contributed by atoms with Gasteiger partial charge in [-0.2, -0.15) is 0 Å². The molecule has 17 heavy (non-hydrogen) atoms. The van der Waals surface area contributed by atoms with E-state index < -0.39 is 11.5 Å². The fourth-order valence-electron chi connectivity index (χ4n) is 1.96. The van der Waals surface area contributed by atoms with Crippen LogP contribution in [0.5, 0.6) is 0 Å². The average Bonchev–Trinajstić information content (AvgIpc) is 2.77. The fraction of sp³-hybridized carbons (Fsp3) is 0.833. The second-order valence-electron chi connectivity index (χ2n) is 4.93. The molecule has 2 N–H and O–H groups in total. The van der Waals surface area contributed by atoms with Crippen LogP contribution in [0.2, 0.25) is 0 Å². The van der Waals surface area contributed by atoms with Crippen LogP contribution in [0.25, 0.3) is 0 Å². The lowest BCUT2D eigenvalue weighted by Crippen LogP contribution is -2.55. The number of rotatable bonds is 4. The van der Waals surface area contributed by atoms with E-state index in [-0.39, 0.29) is 6.03 Å². The van der Waals surface area contributed by atoms with Crippen molar-refractivity contribution >= 4 is 12.0 Å². The molecule has 0 aromatic heterocycles. The van der Waals surface area contributed by atoms with Gasteiger partial charge < -0.3 is 15.3 Å². The summed E-state index contributed by atoms with van der Waals surface area (Å²) in [4.78, 5) is 24.7. The van der Waals surface area contributed by atoms with Gasteiger partial charge in [-0.3, -0.25) is 0 Å². The van der Waals surface area contributed by atoms with Crippen LogP contribution in [0.4, 0.5) is 4.79 Å². The Hall–Kier alpha value is -1.26. The van der Waals surface area contributed by atoms with E-state index >= 15 is 0 Å². The highest BCUT2D eigenvalue weighted by molar-refractivity contribution is 5.85. The number of likely N-dealkylation sites (tertiary alicyclic amines) is 1. The summed E-state index contributed by atoms with van der Waals surface area (Å²) in [5, 5.41) is 11.7. The quantitative estimate of drug-likeness (QED) is 0.788. The zero-order valence-corrected chi connectivity index (χ0v) is 10.8. The summed E-state index contributed by atoms with van der Waals surface area (Å²) in [5.41, 5.74) is -1.17. The molecule has 1 rings (SSSR count). The van der Waals surface area contributed by atoms with Crippen molar-refractivity contribution in [1.82, 2.24) is 10.2 Å². The van der Waals surface area contributed by atoms with Crippen molar-refractivity contribution in [3.05, 3.63) is 0 Å². The molecule has 1 saturated heterocycles. The smallest absolute Gasteiger partial charge is 0.329 e. The number of hydrogen-bond acceptors (Lipinski definition) is 2. The molecular weight excluding hydrogens is 220 g/mol. The summed E-state index contributed by atoms with van der Waals surface area (Å²) in [6.07, 6.45) is 2.45. The van der Waals surface area contributed by atoms with Crippen LogP contribution in [0, 0.1) is 5.92 Å². The van der Waals surface area contributed by atoms with Crippen molar-refractivity contribution < 1.29 is 14.7 Å². The van der Waals surface area contributed by atoms with Crippen molar-refractivity contribution in [2.75, 3.05) is 13.1 Å².